The average Bonchev–Trinajstić information content (AvgIpc) is 2.45. The van der Waals surface area contributed by atoms with Crippen molar-refractivity contribution in [1.82, 2.24) is 4.90 Å². The zero-order chi connectivity index (χ0) is 16.3. The van der Waals surface area contributed by atoms with Crippen LogP contribution in [0.1, 0.15) is 37.6 Å². The Hall–Kier alpha value is -2.17. The van der Waals surface area contributed by atoms with Crippen LogP contribution in [-0.4, -0.2) is 35.6 Å². The van der Waals surface area contributed by atoms with Gasteiger partial charge in [0.2, 0.25) is 0 Å². The second-order valence-electron chi connectivity index (χ2n) is 6.25. The highest BCUT2D eigenvalue weighted by Gasteiger charge is 2.29. The fraction of sp³-hybridized carbons (Fsp3) is 0.471. The molecule has 1 N–H and O–H groups in total. The van der Waals surface area contributed by atoms with Crippen LogP contribution in [0, 0.1) is 11.8 Å². The van der Waals surface area contributed by atoms with E-state index in [0.717, 1.165) is 6.42 Å². The summed E-state index contributed by atoms with van der Waals surface area (Å²) >= 11 is 0. The largest absolute Gasteiger partial charge is 0.334 e. The number of piperidine rings is 1. The molecule has 2 atom stereocenters. The van der Waals surface area contributed by atoms with Gasteiger partial charge in [-0.15, -0.1) is 0 Å². The SMILES string of the molecule is CC(=O)c1cccc(NC(=O)C(=O)N2CC(C)CC(C)C2)c1. The molecule has 2 amide bonds. The zero-order valence-electron chi connectivity index (χ0n) is 13.3. The second kappa shape index (κ2) is 6.73. The Morgan fingerprint density at radius 3 is 2.36 bits per heavy atom. The number of likely N-dealkylation sites (tertiary alicyclic amines) is 1. The molecule has 2 rings (SSSR count). The number of ketones is 1. The molecule has 0 bridgehead atoms. The van der Waals surface area contributed by atoms with Gasteiger partial charge in [0.1, 0.15) is 0 Å². The lowest BCUT2D eigenvalue weighted by atomic mass is 9.92. The average molecular weight is 302 g/mol. The fourth-order valence-corrected chi connectivity index (χ4v) is 2.97. The summed E-state index contributed by atoms with van der Waals surface area (Å²) in [5.74, 6) is -0.433. The maximum atomic E-state index is 12.3. The number of nitrogens with zero attached hydrogens (tertiary/aromatic N) is 1. The minimum absolute atomic E-state index is 0.0823. The molecule has 1 aliphatic rings. The standard InChI is InChI=1S/C17H22N2O3/c1-11-7-12(2)10-19(9-11)17(22)16(21)18-15-6-4-5-14(8-15)13(3)20/h4-6,8,11-12H,7,9-10H2,1-3H3,(H,18,21). The van der Waals surface area contributed by atoms with Crippen molar-refractivity contribution in [2.45, 2.75) is 27.2 Å². The number of carbonyl (C=O) groups is 3. The van der Waals surface area contributed by atoms with E-state index in [1.54, 1.807) is 29.2 Å². The van der Waals surface area contributed by atoms with Crippen LogP contribution in [0.25, 0.3) is 0 Å². The topological polar surface area (TPSA) is 66.5 Å². The van der Waals surface area contributed by atoms with Gasteiger partial charge in [-0.25, -0.2) is 0 Å². The highest BCUT2D eigenvalue weighted by atomic mass is 16.2. The summed E-state index contributed by atoms with van der Waals surface area (Å²) in [6.07, 6.45) is 1.08. The number of hydrogen-bond donors (Lipinski definition) is 1. The van der Waals surface area contributed by atoms with E-state index in [9.17, 15) is 14.4 Å². The van der Waals surface area contributed by atoms with Gasteiger partial charge < -0.3 is 10.2 Å². The normalized spacial score (nSPS) is 21.3. The fourth-order valence-electron chi connectivity index (χ4n) is 2.97. The number of amides is 2. The number of Topliss-reactive ketones (excluding diaryl/α,β-unsaturated/α-hetero) is 1. The van der Waals surface area contributed by atoms with E-state index in [0.29, 0.717) is 36.2 Å². The number of nitrogens with one attached hydrogen (secondary N) is 1. The van der Waals surface area contributed by atoms with Crippen molar-refractivity contribution < 1.29 is 14.4 Å². The van der Waals surface area contributed by atoms with Crippen LogP contribution in [0.2, 0.25) is 0 Å². The lowest BCUT2D eigenvalue weighted by Crippen LogP contribution is -2.47. The highest BCUT2D eigenvalue weighted by molar-refractivity contribution is 6.39. The van der Waals surface area contributed by atoms with E-state index in [2.05, 4.69) is 19.2 Å². The molecule has 1 fully saturated rings. The smallest absolute Gasteiger partial charge is 0.313 e. The van der Waals surface area contributed by atoms with E-state index in [1.807, 2.05) is 0 Å². The van der Waals surface area contributed by atoms with Crippen LogP contribution >= 0.6 is 0 Å². The maximum Gasteiger partial charge on any atom is 0.313 e. The quantitative estimate of drug-likeness (QED) is 0.673. The van der Waals surface area contributed by atoms with Gasteiger partial charge in [-0.1, -0.05) is 26.0 Å². The number of anilines is 1. The van der Waals surface area contributed by atoms with Crippen molar-refractivity contribution in [2.24, 2.45) is 11.8 Å². The van der Waals surface area contributed by atoms with Crippen molar-refractivity contribution in [3.63, 3.8) is 0 Å². The molecule has 0 spiro atoms. The van der Waals surface area contributed by atoms with Crippen LogP contribution < -0.4 is 5.32 Å². The number of hydrogen-bond acceptors (Lipinski definition) is 3. The molecule has 1 aromatic carbocycles. The first kappa shape index (κ1) is 16.2. The van der Waals surface area contributed by atoms with Crippen LogP contribution in [0.5, 0.6) is 0 Å². The van der Waals surface area contributed by atoms with Crippen molar-refractivity contribution >= 4 is 23.3 Å². The summed E-state index contributed by atoms with van der Waals surface area (Å²) in [5.41, 5.74) is 0.967. The predicted molar refractivity (Wildman–Crippen MR) is 84.6 cm³/mol. The summed E-state index contributed by atoms with van der Waals surface area (Å²) in [4.78, 5) is 37.3. The molecule has 0 aromatic heterocycles. The van der Waals surface area contributed by atoms with Crippen molar-refractivity contribution in [1.29, 1.82) is 0 Å². The Labute approximate surface area is 130 Å². The summed E-state index contributed by atoms with van der Waals surface area (Å²) in [7, 11) is 0. The predicted octanol–water partition coefficient (Wildman–Crippen LogP) is 2.33. The van der Waals surface area contributed by atoms with Gasteiger partial charge in [0.15, 0.2) is 5.78 Å². The Morgan fingerprint density at radius 2 is 1.77 bits per heavy atom. The van der Waals surface area contributed by atoms with Crippen molar-refractivity contribution in [3.8, 4) is 0 Å². The van der Waals surface area contributed by atoms with Gasteiger partial charge in [-0.05, 0) is 37.3 Å². The molecular weight excluding hydrogens is 280 g/mol. The van der Waals surface area contributed by atoms with Gasteiger partial charge in [0.25, 0.3) is 0 Å². The first-order valence-corrected chi connectivity index (χ1v) is 7.58. The Bertz CT molecular complexity index is 587. The van der Waals surface area contributed by atoms with E-state index in [4.69, 9.17) is 0 Å². The third kappa shape index (κ3) is 3.93. The second-order valence-corrected chi connectivity index (χ2v) is 6.25. The molecule has 5 nitrogen and oxygen atoms in total. The molecule has 22 heavy (non-hydrogen) atoms. The Morgan fingerprint density at radius 1 is 1.14 bits per heavy atom. The lowest BCUT2D eigenvalue weighted by Gasteiger charge is -2.34. The Balaban J connectivity index is 2.04. The lowest BCUT2D eigenvalue weighted by molar-refractivity contribution is -0.144. The van der Waals surface area contributed by atoms with Gasteiger partial charge in [0, 0.05) is 24.3 Å². The zero-order valence-corrected chi connectivity index (χ0v) is 13.3. The third-order valence-electron chi connectivity index (χ3n) is 3.88. The molecule has 0 saturated carbocycles. The van der Waals surface area contributed by atoms with Gasteiger partial charge in [-0.3, -0.25) is 14.4 Å². The van der Waals surface area contributed by atoms with Crippen LogP contribution in [0.3, 0.4) is 0 Å². The molecule has 1 aliphatic heterocycles. The van der Waals surface area contributed by atoms with E-state index < -0.39 is 11.8 Å². The number of rotatable bonds is 2. The molecule has 1 aromatic rings. The minimum Gasteiger partial charge on any atom is -0.334 e. The Kier molecular flexibility index (Phi) is 4.96. The highest BCUT2D eigenvalue weighted by Crippen LogP contribution is 2.21. The third-order valence-corrected chi connectivity index (χ3v) is 3.88. The van der Waals surface area contributed by atoms with Crippen molar-refractivity contribution in [3.05, 3.63) is 29.8 Å². The van der Waals surface area contributed by atoms with E-state index in [1.165, 1.54) is 6.92 Å². The summed E-state index contributed by atoms with van der Waals surface area (Å²) in [6, 6.07) is 6.60. The molecule has 1 heterocycles. The maximum absolute atomic E-state index is 12.3. The number of benzene rings is 1. The molecule has 1 saturated heterocycles. The first-order chi connectivity index (χ1) is 10.4. The van der Waals surface area contributed by atoms with E-state index in [-0.39, 0.29) is 5.78 Å². The molecule has 2 unspecified atom stereocenters. The molecule has 5 heteroatoms. The van der Waals surface area contributed by atoms with Crippen LogP contribution in [-0.2, 0) is 9.59 Å². The van der Waals surface area contributed by atoms with E-state index >= 15 is 0 Å². The molecule has 0 radical (unpaired) electrons. The summed E-state index contributed by atoms with van der Waals surface area (Å²) in [6.45, 7) is 6.87. The monoisotopic (exact) mass is 302 g/mol. The summed E-state index contributed by atoms with van der Waals surface area (Å²) in [5, 5.41) is 2.58. The van der Waals surface area contributed by atoms with Crippen LogP contribution in [0.4, 0.5) is 5.69 Å². The van der Waals surface area contributed by atoms with Crippen molar-refractivity contribution in [2.75, 3.05) is 18.4 Å². The van der Waals surface area contributed by atoms with Crippen LogP contribution in [0.15, 0.2) is 24.3 Å². The number of carbonyl (C=O) groups excluding carboxylic acids is 3. The molecule has 0 aliphatic carbocycles. The molecule has 118 valence electrons. The summed E-state index contributed by atoms with van der Waals surface area (Å²) < 4.78 is 0. The first-order valence-electron chi connectivity index (χ1n) is 7.58. The minimum atomic E-state index is -0.651. The van der Waals surface area contributed by atoms with Gasteiger partial charge in [-0.2, -0.15) is 0 Å². The van der Waals surface area contributed by atoms with Gasteiger partial charge in [0.05, 0.1) is 0 Å². The molecular formula is C17H22N2O3. The van der Waals surface area contributed by atoms with Gasteiger partial charge >= 0.3 is 11.8 Å².